The molecule has 1 fully saturated rings. The van der Waals surface area contributed by atoms with Crippen LogP contribution in [-0.2, 0) is 4.79 Å². The second-order valence-corrected chi connectivity index (χ2v) is 4.72. The van der Waals surface area contributed by atoms with Crippen molar-refractivity contribution in [1.29, 1.82) is 0 Å². The van der Waals surface area contributed by atoms with Crippen LogP contribution in [0, 0.1) is 22.9 Å². The number of carbonyl (C=O) groups excluding carboxylic acids is 1. The van der Waals surface area contributed by atoms with E-state index in [-0.39, 0.29) is 18.4 Å². The normalized spacial score (nSPS) is 15.5. The van der Waals surface area contributed by atoms with E-state index in [4.69, 9.17) is 5.11 Å². The Hall–Kier alpha value is -2.51. The topological polar surface area (TPSA) is 110 Å². The fourth-order valence-corrected chi connectivity index (χ4v) is 1.82. The number of hydrogen-bond acceptors (Lipinski definition) is 4. The Balaban J connectivity index is 2.35. The molecule has 0 atom stereocenters. The van der Waals surface area contributed by atoms with Gasteiger partial charge in [0.05, 0.1) is 10.5 Å². The van der Waals surface area contributed by atoms with E-state index >= 15 is 0 Å². The summed E-state index contributed by atoms with van der Waals surface area (Å²) in [4.78, 5) is 32.8. The van der Waals surface area contributed by atoms with Gasteiger partial charge < -0.3 is 10.4 Å². The lowest BCUT2D eigenvalue weighted by atomic mass is 10.1. The molecule has 1 saturated carbocycles. The lowest BCUT2D eigenvalue weighted by Crippen LogP contribution is -2.43. The van der Waals surface area contributed by atoms with Gasteiger partial charge >= 0.3 is 5.97 Å². The minimum Gasteiger partial charge on any atom is -0.480 e. The van der Waals surface area contributed by atoms with Gasteiger partial charge in [-0.3, -0.25) is 14.9 Å². The number of nitrogens with zero attached hydrogens (tertiary/aromatic N) is 1. The molecule has 1 amide bonds. The zero-order valence-electron chi connectivity index (χ0n) is 10.5. The lowest BCUT2D eigenvalue weighted by molar-refractivity contribution is -0.385. The highest BCUT2D eigenvalue weighted by atomic mass is 19.1. The average Bonchev–Trinajstić information content (AvgIpc) is 3.12. The molecule has 2 N–H and O–H groups in total. The molecule has 1 aromatic rings. The number of rotatable bonds is 4. The van der Waals surface area contributed by atoms with Crippen LogP contribution < -0.4 is 5.32 Å². The molecule has 1 aromatic carbocycles. The van der Waals surface area contributed by atoms with Gasteiger partial charge in [0.25, 0.3) is 11.6 Å². The second kappa shape index (κ2) is 4.55. The summed E-state index contributed by atoms with van der Waals surface area (Å²) in [6.45, 7) is 1.29. The highest BCUT2D eigenvalue weighted by molar-refractivity contribution is 5.99. The number of nitrogens with one attached hydrogen (secondary N) is 1. The number of nitro benzene ring substituents is 1. The predicted molar refractivity (Wildman–Crippen MR) is 64.9 cm³/mol. The fraction of sp³-hybridized carbons (Fsp3) is 0.333. The zero-order chi connectivity index (χ0) is 15.1. The molecule has 20 heavy (non-hydrogen) atoms. The molecule has 1 aliphatic rings. The largest absolute Gasteiger partial charge is 0.480 e. The molecule has 2 rings (SSSR count). The number of amides is 1. The van der Waals surface area contributed by atoms with Gasteiger partial charge in [-0.2, -0.15) is 0 Å². The van der Waals surface area contributed by atoms with Crippen LogP contribution in [0.2, 0.25) is 0 Å². The Morgan fingerprint density at radius 1 is 1.45 bits per heavy atom. The van der Waals surface area contributed by atoms with Crippen molar-refractivity contribution < 1.29 is 24.0 Å². The molecular weight excluding hydrogens is 271 g/mol. The Morgan fingerprint density at radius 2 is 2.05 bits per heavy atom. The summed E-state index contributed by atoms with van der Waals surface area (Å²) in [6, 6.07) is 1.81. The average molecular weight is 282 g/mol. The Kier molecular flexibility index (Phi) is 3.16. The Bertz CT molecular complexity index is 625. The zero-order valence-corrected chi connectivity index (χ0v) is 10.5. The van der Waals surface area contributed by atoms with Crippen molar-refractivity contribution in [3.63, 3.8) is 0 Å². The summed E-state index contributed by atoms with van der Waals surface area (Å²) in [6.07, 6.45) is 0.507. The molecule has 0 bridgehead atoms. The third-order valence-corrected chi connectivity index (χ3v) is 3.21. The van der Waals surface area contributed by atoms with E-state index in [2.05, 4.69) is 5.32 Å². The number of non-ortho nitro benzene ring substituents is 1. The molecule has 0 unspecified atom stereocenters. The molecular formula is C12H11FN2O5. The highest BCUT2D eigenvalue weighted by Gasteiger charge is 2.52. The van der Waals surface area contributed by atoms with Gasteiger partial charge in [0, 0.05) is 12.1 Å². The van der Waals surface area contributed by atoms with Crippen LogP contribution >= 0.6 is 0 Å². The molecule has 7 nitrogen and oxygen atoms in total. The molecule has 0 aromatic heterocycles. The fourth-order valence-electron chi connectivity index (χ4n) is 1.82. The standard InChI is InChI=1S/C12H11FN2O5/c1-6-4-7(15(19)20)5-8(9(6)13)10(16)14-12(2-3-12)11(17)18/h4-5H,2-3H2,1H3,(H,14,16)(H,17,18). The number of nitro groups is 1. The van der Waals surface area contributed by atoms with E-state index in [1.54, 1.807) is 0 Å². The van der Waals surface area contributed by atoms with Crippen molar-refractivity contribution in [3.8, 4) is 0 Å². The lowest BCUT2D eigenvalue weighted by Gasteiger charge is -2.13. The number of carboxylic acids is 1. The van der Waals surface area contributed by atoms with Crippen LogP contribution in [-0.4, -0.2) is 27.4 Å². The Labute approximate surface area is 112 Å². The SMILES string of the molecule is Cc1cc([N+](=O)[O-])cc(C(=O)NC2(C(=O)O)CC2)c1F. The van der Waals surface area contributed by atoms with Crippen molar-refractivity contribution in [2.45, 2.75) is 25.3 Å². The number of carbonyl (C=O) groups is 2. The smallest absolute Gasteiger partial charge is 0.329 e. The van der Waals surface area contributed by atoms with Crippen LogP contribution in [0.1, 0.15) is 28.8 Å². The third-order valence-electron chi connectivity index (χ3n) is 3.21. The van der Waals surface area contributed by atoms with Gasteiger partial charge in [-0.25, -0.2) is 9.18 Å². The number of carboxylic acid groups (broad SMARTS) is 1. The third kappa shape index (κ3) is 2.31. The van der Waals surface area contributed by atoms with Crippen molar-refractivity contribution in [3.05, 3.63) is 39.2 Å². The summed E-state index contributed by atoms with van der Waals surface area (Å²) in [5, 5.41) is 21.9. The molecule has 0 heterocycles. The maximum atomic E-state index is 13.9. The quantitative estimate of drug-likeness (QED) is 0.640. The minimum absolute atomic E-state index is 0.0514. The molecule has 8 heteroatoms. The molecule has 106 valence electrons. The van der Waals surface area contributed by atoms with Gasteiger partial charge in [0.1, 0.15) is 11.4 Å². The van der Waals surface area contributed by atoms with Gasteiger partial charge in [-0.05, 0) is 25.3 Å². The minimum atomic E-state index is -1.37. The first-order valence-corrected chi connectivity index (χ1v) is 5.77. The summed E-state index contributed by atoms with van der Waals surface area (Å²) in [5.74, 6) is -3.06. The predicted octanol–water partition coefficient (Wildman–Crippen LogP) is 1.39. The van der Waals surface area contributed by atoms with Gasteiger partial charge in [0.15, 0.2) is 0 Å². The summed E-state index contributed by atoms with van der Waals surface area (Å²) >= 11 is 0. The summed E-state index contributed by atoms with van der Waals surface area (Å²) < 4.78 is 13.9. The summed E-state index contributed by atoms with van der Waals surface area (Å²) in [7, 11) is 0. The van der Waals surface area contributed by atoms with Crippen LogP contribution in [0.3, 0.4) is 0 Å². The van der Waals surface area contributed by atoms with Crippen molar-refractivity contribution in [1.82, 2.24) is 5.32 Å². The van der Waals surface area contributed by atoms with Crippen molar-refractivity contribution in [2.75, 3.05) is 0 Å². The molecule has 0 radical (unpaired) electrons. The molecule has 1 aliphatic carbocycles. The van der Waals surface area contributed by atoms with E-state index in [9.17, 15) is 24.1 Å². The van der Waals surface area contributed by atoms with Gasteiger partial charge in [-0.15, -0.1) is 0 Å². The number of benzene rings is 1. The first-order chi connectivity index (χ1) is 9.27. The number of halogens is 1. The van der Waals surface area contributed by atoms with Crippen LogP contribution in [0.5, 0.6) is 0 Å². The van der Waals surface area contributed by atoms with Crippen LogP contribution in [0.4, 0.5) is 10.1 Å². The second-order valence-electron chi connectivity index (χ2n) is 4.72. The number of aliphatic carboxylic acids is 1. The van der Waals surface area contributed by atoms with Crippen molar-refractivity contribution >= 4 is 17.6 Å². The monoisotopic (exact) mass is 282 g/mol. The van der Waals surface area contributed by atoms with Gasteiger partial charge in [-0.1, -0.05) is 0 Å². The first kappa shape index (κ1) is 13.9. The van der Waals surface area contributed by atoms with Crippen molar-refractivity contribution in [2.24, 2.45) is 0 Å². The first-order valence-electron chi connectivity index (χ1n) is 5.77. The van der Waals surface area contributed by atoms with Gasteiger partial charge in [0.2, 0.25) is 0 Å². The number of hydrogen-bond donors (Lipinski definition) is 2. The van der Waals surface area contributed by atoms with E-state index in [0.29, 0.717) is 0 Å². The molecule has 0 saturated heterocycles. The van der Waals surface area contributed by atoms with E-state index in [1.165, 1.54) is 6.92 Å². The maximum Gasteiger partial charge on any atom is 0.329 e. The van der Waals surface area contributed by atoms with Crippen LogP contribution in [0.15, 0.2) is 12.1 Å². The maximum absolute atomic E-state index is 13.9. The van der Waals surface area contributed by atoms with E-state index in [1.807, 2.05) is 0 Å². The molecule has 0 spiro atoms. The molecule has 0 aliphatic heterocycles. The van der Waals surface area contributed by atoms with E-state index < -0.39 is 39.4 Å². The number of aryl methyl sites for hydroxylation is 1. The van der Waals surface area contributed by atoms with E-state index in [0.717, 1.165) is 12.1 Å². The Morgan fingerprint density at radius 3 is 2.50 bits per heavy atom. The summed E-state index contributed by atoms with van der Waals surface area (Å²) in [5.41, 5.74) is -2.37. The van der Waals surface area contributed by atoms with Crippen LogP contribution in [0.25, 0.3) is 0 Å². The highest BCUT2D eigenvalue weighted by Crippen LogP contribution is 2.36.